The van der Waals surface area contributed by atoms with Gasteiger partial charge >= 0.3 is 11.9 Å². The molecule has 182 valence electrons. The number of esters is 2. The Bertz CT molecular complexity index is 967. The predicted molar refractivity (Wildman–Crippen MR) is 116 cm³/mol. The van der Waals surface area contributed by atoms with Crippen molar-refractivity contribution in [1.82, 2.24) is 0 Å². The summed E-state index contributed by atoms with van der Waals surface area (Å²) in [5.74, 6) is -2.74. The first-order valence-corrected chi connectivity index (χ1v) is 11.9. The minimum atomic E-state index is -1.68. The van der Waals surface area contributed by atoms with E-state index in [1.54, 1.807) is 20.8 Å². The number of carbonyl (C=O) groups excluding carboxylic acids is 2. The van der Waals surface area contributed by atoms with Gasteiger partial charge in [0.2, 0.25) is 0 Å². The molecule has 11 atom stereocenters. The molecule has 3 saturated carbocycles. The van der Waals surface area contributed by atoms with E-state index in [2.05, 4.69) is 6.58 Å². The highest BCUT2D eigenvalue weighted by molar-refractivity contribution is 5.92. The number of epoxide rings is 1. The van der Waals surface area contributed by atoms with Gasteiger partial charge in [-0.05, 0) is 43.8 Å². The minimum absolute atomic E-state index is 0.117. The Balaban J connectivity index is 1.69. The molecule has 3 aliphatic carbocycles. The maximum Gasteiger partial charge on any atom is 0.334 e. The summed E-state index contributed by atoms with van der Waals surface area (Å²) in [6.45, 7) is 13.0. The molecule has 4 fully saturated rings. The normalized spacial score (nSPS) is 51.1. The van der Waals surface area contributed by atoms with Crippen LogP contribution in [0.1, 0.15) is 53.9 Å². The largest absolute Gasteiger partial charge is 0.459 e. The summed E-state index contributed by atoms with van der Waals surface area (Å²) in [5.41, 5.74) is -2.58. The Labute approximate surface area is 193 Å². The molecule has 0 spiro atoms. The Kier molecular flexibility index (Phi) is 4.82. The van der Waals surface area contributed by atoms with Crippen molar-refractivity contribution < 1.29 is 39.1 Å². The van der Waals surface area contributed by atoms with Gasteiger partial charge in [0.05, 0.1) is 17.6 Å². The lowest BCUT2D eigenvalue weighted by Gasteiger charge is -2.50. The monoisotopic (exact) mass is 462 g/mol. The van der Waals surface area contributed by atoms with E-state index in [1.165, 1.54) is 0 Å². The molecule has 0 amide bonds. The van der Waals surface area contributed by atoms with E-state index in [9.17, 15) is 24.9 Å². The molecule has 0 radical (unpaired) electrons. The topological polar surface area (TPSA) is 126 Å². The summed E-state index contributed by atoms with van der Waals surface area (Å²) in [6.07, 6.45) is -2.57. The predicted octanol–water partition coefficient (Wildman–Crippen LogP) is 1.41. The van der Waals surface area contributed by atoms with Crippen molar-refractivity contribution >= 4 is 11.9 Å². The zero-order chi connectivity index (χ0) is 24.2. The molecule has 33 heavy (non-hydrogen) atoms. The van der Waals surface area contributed by atoms with Crippen molar-refractivity contribution in [3.63, 3.8) is 0 Å². The van der Waals surface area contributed by atoms with Gasteiger partial charge in [0.25, 0.3) is 0 Å². The first-order valence-electron chi connectivity index (χ1n) is 11.9. The van der Waals surface area contributed by atoms with Crippen LogP contribution in [0.15, 0.2) is 23.3 Å². The summed E-state index contributed by atoms with van der Waals surface area (Å²) < 4.78 is 18.0. The molecule has 2 aliphatic heterocycles. The third-order valence-corrected chi connectivity index (χ3v) is 9.15. The van der Waals surface area contributed by atoms with Crippen LogP contribution in [0.5, 0.6) is 0 Å². The molecule has 0 aromatic carbocycles. The fourth-order valence-corrected chi connectivity index (χ4v) is 7.30. The molecular weight excluding hydrogens is 428 g/mol. The second-order valence-corrected chi connectivity index (χ2v) is 11.0. The second-order valence-electron chi connectivity index (χ2n) is 11.0. The van der Waals surface area contributed by atoms with Gasteiger partial charge in [-0.1, -0.05) is 27.4 Å². The molecule has 8 heteroatoms. The number of hydrogen-bond donors (Lipinski definition) is 3. The zero-order valence-electron chi connectivity index (χ0n) is 19.8. The summed E-state index contributed by atoms with van der Waals surface area (Å²) in [5, 5.41) is 34.3. The number of carbonyl (C=O) groups is 2. The number of aliphatic hydroxyl groups excluding tert-OH is 2. The van der Waals surface area contributed by atoms with Gasteiger partial charge in [0.15, 0.2) is 0 Å². The minimum Gasteiger partial charge on any atom is -0.459 e. The van der Waals surface area contributed by atoms with Crippen LogP contribution in [0.25, 0.3) is 0 Å². The number of hydrogen-bond acceptors (Lipinski definition) is 8. The van der Waals surface area contributed by atoms with Crippen LogP contribution in [0.4, 0.5) is 0 Å². The lowest BCUT2D eigenvalue weighted by atomic mass is 9.55. The molecule has 0 bridgehead atoms. The van der Waals surface area contributed by atoms with Crippen molar-refractivity contribution in [2.24, 2.45) is 23.7 Å². The van der Waals surface area contributed by atoms with Crippen LogP contribution in [0.3, 0.4) is 0 Å². The third kappa shape index (κ3) is 2.61. The van der Waals surface area contributed by atoms with Crippen LogP contribution in [-0.4, -0.2) is 68.5 Å². The summed E-state index contributed by atoms with van der Waals surface area (Å²) in [4.78, 5) is 25.3. The highest BCUT2D eigenvalue weighted by Gasteiger charge is 2.91. The van der Waals surface area contributed by atoms with Crippen molar-refractivity contribution in [3.05, 3.63) is 23.3 Å². The van der Waals surface area contributed by atoms with Gasteiger partial charge < -0.3 is 29.5 Å². The van der Waals surface area contributed by atoms with E-state index in [0.29, 0.717) is 29.6 Å². The molecule has 3 N–H and O–H groups in total. The quantitative estimate of drug-likeness (QED) is 0.327. The first kappa shape index (κ1) is 23.0. The van der Waals surface area contributed by atoms with Gasteiger partial charge in [-0.3, -0.25) is 4.79 Å². The molecule has 8 nitrogen and oxygen atoms in total. The average molecular weight is 463 g/mol. The van der Waals surface area contributed by atoms with E-state index in [4.69, 9.17) is 14.2 Å². The van der Waals surface area contributed by atoms with E-state index >= 15 is 0 Å². The number of ether oxygens (including phenoxy) is 3. The molecule has 0 aromatic rings. The number of aliphatic hydroxyl groups is 3. The van der Waals surface area contributed by atoms with Gasteiger partial charge in [-0.15, -0.1) is 0 Å². The SMILES string of the molecule is C=C1[C@@H]2[C@@H](C3=C(C)C(=O)O[C@H]3C[C@@H]1O)[C@@](C)(O)[C@H](O)[C@@]13C[C@@H](C)[C@@H](OC(=O)[C@@H](C)CC)[C@@]21O3. The van der Waals surface area contributed by atoms with Crippen LogP contribution in [-0.2, 0) is 23.8 Å². The summed E-state index contributed by atoms with van der Waals surface area (Å²) in [6, 6.07) is 0. The van der Waals surface area contributed by atoms with Crippen LogP contribution in [0.2, 0.25) is 0 Å². The zero-order valence-corrected chi connectivity index (χ0v) is 19.8. The number of fused-ring (bicyclic) bond motifs is 3. The molecular formula is C25H34O8. The number of rotatable bonds is 3. The highest BCUT2D eigenvalue weighted by atomic mass is 16.7. The van der Waals surface area contributed by atoms with Crippen LogP contribution in [0, 0.1) is 23.7 Å². The van der Waals surface area contributed by atoms with Gasteiger partial charge in [-0.2, -0.15) is 0 Å². The third-order valence-electron chi connectivity index (χ3n) is 9.15. The molecule has 5 aliphatic rings. The van der Waals surface area contributed by atoms with E-state index < -0.39 is 59.0 Å². The molecule has 5 rings (SSSR count). The lowest BCUT2D eigenvalue weighted by Crippen LogP contribution is -2.66. The molecule has 0 aromatic heterocycles. The van der Waals surface area contributed by atoms with Crippen LogP contribution < -0.4 is 0 Å². The maximum atomic E-state index is 12.8. The van der Waals surface area contributed by atoms with Crippen molar-refractivity contribution in [2.45, 2.75) is 95.1 Å². The van der Waals surface area contributed by atoms with E-state index in [1.807, 2.05) is 13.8 Å². The van der Waals surface area contributed by atoms with E-state index in [0.717, 1.165) is 0 Å². The Hall–Kier alpha value is -1.74. The highest BCUT2D eigenvalue weighted by Crippen LogP contribution is 2.76. The standard InChI is InChI=1S/C25H34O8/c1-7-10(2)20(27)32-19-11(3)9-24-22(29)23(6,30)18-16-13(5)21(28)31-15(16)8-14(26)12(4)17(18)25(19,24)33-24/h10-11,14-15,17-19,22,26,29-30H,4,7-9H2,1-3,5-6H3/t10-,11+,14-,15-,17+,18+,19+,22-,23+,24-,25-/m0/s1. The summed E-state index contributed by atoms with van der Waals surface area (Å²) >= 11 is 0. The average Bonchev–Trinajstić information content (AvgIpc) is 3.29. The Morgan fingerprint density at radius 2 is 2.00 bits per heavy atom. The second kappa shape index (κ2) is 6.90. The van der Waals surface area contributed by atoms with Crippen molar-refractivity contribution in [3.8, 4) is 0 Å². The van der Waals surface area contributed by atoms with Gasteiger partial charge in [0.1, 0.15) is 29.5 Å². The van der Waals surface area contributed by atoms with Gasteiger partial charge in [-0.25, -0.2) is 4.79 Å². The molecule has 2 heterocycles. The Morgan fingerprint density at radius 3 is 2.64 bits per heavy atom. The van der Waals surface area contributed by atoms with Crippen molar-refractivity contribution in [2.75, 3.05) is 0 Å². The fourth-order valence-electron chi connectivity index (χ4n) is 7.30. The Morgan fingerprint density at radius 1 is 1.33 bits per heavy atom. The fraction of sp³-hybridized carbons (Fsp3) is 0.760. The van der Waals surface area contributed by atoms with Crippen LogP contribution >= 0.6 is 0 Å². The molecule has 0 unspecified atom stereocenters. The van der Waals surface area contributed by atoms with E-state index in [-0.39, 0.29) is 24.2 Å². The van der Waals surface area contributed by atoms with Gasteiger partial charge in [0, 0.05) is 23.8 Å². The van der Waals surface area contributed by atoms with Crippen molar-refractivity contribution in [1.29, 1.82) is 0 Å². The lowest BCUT2D eigenvalue weighted by molar-refractivity contribution is -0.166. The maximum absolute atomic E-state index is 12.8. The summed E-state index contributed by atoms with van der Waals surface area (Å²) in [7, 11) is 0. The molecule has 1 saturated heterocycles. The smallest absolute Gasteiger partial charge is 0.334 e. The first-order chi connectivity index (χ1) is 15.3.